The van der Waals surface area contributed by atoms with Crippen molar-refractivity contribution >= 4 is 21.4 Å². The van der Waals surface area contributed by atoms with Crippen LogP contribution in [-0.4, -0.2) is 24.3 Å². The lowest BCUT2D eigenvalue weighted by Crippen LogP contribution is -2.32. The fourth-order valence-electron chi connectivity index (χ4n) is 2.42. The Morgan fingerprint density at radius 3 is 2.52 bits per heavy atom. The van der Waals surface area contributed by atoms with Crippen LogP contribution in [0.2, 0.25) is 0 Å². The highest BCUT2D eigenvalue weighted by atomic mass is 32.2. The molecule has 0 fully saturated rings. The Morgan fingerprint density at radius 1 is 1.08 bits per heavy atom. The van der Waals surface area contributed by atoms with E-state index < -0.39 is 15.8 Å². The SMILES string of the molecule is O=S(=O)(c1ccc(F)cc1)N(CCc1cccs1)Cc1cccnc1. The summed E-state index contributed by atoms with van der Waals surface area (Å²) in [7, 11) is -3.73. The van der Waals surface area contributed by atoms with Gasteiger partial charge in [0.1, 0.15) is 5.82 Å². The second kappa shape index (κ2) is 7.86. The van der Waals surface area contributed by atoms with Crippen LogP contribution in [0, 0.1) is 5.82 Å². The number of halogens is 1. The molecule has 0 unspecified atom stereocenters. The summed E-state index contributed by atoms with van der Waals surface area (Å²) < 4.78 is 40.5. The van der Waals surface area contributed by atoms with Crippen LogP contribution in [0.1, 0.15) is 10.4 Å². The molecule has 2 heterocycles. The van der Waals surface area contributed by atoms with Crippen LogP contribution in [0.4, 0.5) is 4.39 Å². The zero-order valence-electron chi connectivity index (χ0n) is 13.4. The number of benzene rings is 1. The van der Waals surface area contributed by atoms with E-state index in [1.54, 1.807) is 29.8 Å². The summed E-state index contributed by atoms with van der Waals surface area (Å²) in [6.45, 7) is 0.564. The van der Waals surface area contributed by atoms with E-state index in [-0.39, 0.29) is 11.4 Å². The molecule has 1 aromatic carbocycles. The van der Waals surface area contributed by atoms with Gasteiger partial charge in [0.05, 0.1) is 4.90 Å². The van der Waals surface area contributed by atoms with Gasteiger partial charge in [-0.25, -0.2) is 12.8 Å². The molecule has 0 N–H and O–H groups in total. The van der Waals surface area contributed by atoms with Crippen LogP contribution in [0.25, 0.3) is 0 Å². The summed E-state index contributed by atoms with van der Waals surface area (Å²) in [6, 6.07) is 12.5. The Labute approximate surface area is 150 Å². The molecule has 0 saturated carbocycles. The van der Waals surface area contributed by atoms with Gasteiger partial charge in [-0.1, -0.05) is 12.1 Å². The lowest BCUT2D eigenvalue weighted by molar-refractivity contribution is 0.410. The van der Waals surface area contributed by atoms with Gasteiger partial charge in [0.2, 0.25) is 10.0 Å². The Morgan fingerprint density at radius 2 is 1.88 bits per heavy atom. The van der Waals surface area contributed by atoms with Crippen LogP contribution >= 0.6 is 11.3 Å². The normalized spacial score (nSPS) is 11.8. The highest BCUT2D eigenvalue weighted by Gasteiger charge is 2.24. The number of aromatic nitrogens is 1. The average molecular weight is 376 g/mol. The largest absolute Gasteiger partial charge is 0.264 e. The van der Waals surface area contributed by atoms with Crippen LogP contribution in [0.3, 0.4) is 0 Å². The zero-order valence-corrected chi connectivity index (χ0v) is 15.0. The van der Waals surface area contributed by atoms with Crippen molar-refractivity contribution < 1.29 is 12.8 Å². The van der Waals surface area contributed by atoms with Gasteiger partial charge in [-0.05, 0) is 53.8 Å². The van der Waals surface area contributed by atoms with Gasteiger partial charge >= 0.3 is 0 Å². The molecular formula is C18H17FN2O2S2. The van der Waals surface area contributed by atoms with Crippen LogP contribution in [-0.2, 0) is 23.0 Å². The van der Waals surface area contributed by atoms with E-state index >= 15 is 0 Å². The molecule has 0 aliphatic heterocycles. The van der Waals surface area contributed by atoms with Crippen molar-refractivity contribution in [2.24, 2.45) is 0 Å². The fraction of sp³-hybridized carbons (Fsp3) is 0.167. The molecule has 4 nitrogen and oxygen atoms in total. The zero-order chi connectivity index (χ0) is 17.7. The third-order valence-corrected chi connectivity index (χ3v) is 6.52. The smallest absolute Gasteiger partial charge is 0.243 e. The molecule has 0 atom stereocenters. The molecule has 0 radical (unpaired) electrons. The lowest BCUT2D eigenvalue weighted by Gasteiger charge is -2.22. The minimum Gasteiger partial charge on any atom is -0.264 e. The van der Waals surface area contributed by atoms with Gasteiger partial charge in [-0.3, -0.25) is 4.98 Å². The molecule has 0 aliphatic carbocycles. The van der Waals surface area contributed by atoms with E-state index in [0.717, 1.165) is 22.6 Å². The van der Waals surface area contributed by atoms with Crippen LogP contribution < -0.4 is 0 Å². The Balaban J connectivity index is 1.87. The van der Waals surface area contributed by atoms with Crippen LogP contribution in [0.5, 0.6) is 0 Å². The summed E-state index contributed by atoms with van der Waals surface area (Å²) in [4.78, 5) is 5.25. The predicted molar refractivity (Wildman–Crippen MR) is 96.3 cm³/mol. The summed E-state index contributed by atoms with van der Waals surface area (Å²) in [6.07, 6.45) is 3.92. The molecule has 3 rings (SSSR count). The van der Waals surface area contributed by atoms with Gasteiger partial charge < -0.3 is 0 Å². The van der Waals surface area contributed by atoms with Crippen molar-refractivity contribution in [2.75, 3.05) is 6.54 Å². The maximum atomic E-state index is 13.1. The molecule has 25 heavy (non-hydrogen) atoms. The second-order valence-corrected chi connectivity index (χ2v) is 8.45. The molecule has 7 heteroatoms. The average Bonchev–Trinajstić information content (AvgIpc) is 3.13. The number of nitrogens with zero attached hydrogens (tertiary/aromatic N) is 2. The van der Waals surface area contributed by atoms with Crippen molar-refractivity contribution in [3.8, 4) is 0 Å². The van der Waals surface area contributed by atoms with Gasteiger partial charge in [-0.2, -0.15) is 4.31 Å². The monoisotopic (exact) mass is 376 g/mol. The molecule has 0 bridgehead atoms. The molecule has 0 aliphatic rings. The molecule has 130 valence electrons. The topological polar surface area (TPSA) is 50.3 Å². The number of thiophene rings is 1. The minimum atomic E-state index is -3.73. The first-order chi connectivity index (χ1) is 12.1. The Hall–Kier alpha value is -2.09. The predicted octanol–water partition coefficient (Wildman–Crippen LogP) is 3.72. The Bertz CT molecular complexity index is 896. The molecule has 2 aromatic heterocycles. The first kappa shape index (κ1) is 17.7. The molecule has 0 spiro atoms. The van der Waals surface area contributed by atoms with E-state index in [1.165, 1.54) is 16.4 Å². The third kappa shape index (κ3) is 4.50. The minimum absolute atomic E-state index is 0.0870. The lowest BCUT2D eigenvalue weighted by atomic mass is 10.3. The van der Waals surface area contributed by atoms with Gasteiger partial charge in [0, 0.05) is 30.4 Å². The van der Waals surface area contributed by atoms with Gasteiger partial charge in [0.25, 0.3) is 0 Å². The highest BCUT2D eigenvalue weighted by molar-refractivity contribution is 7.89. The molecule has 3 aromatic rings. The van der Waals surface area contributed by atoms with Crippen LogP contribution in [0.15, 0.2) is 71.2 Å². The number of sulfonamides is 1. The standard InChI is InChI=1S/C18H17FN2O2S2/c19-16-5-7-18(8-6-16)25(22,23)21(11-9-17-4-2-12-24-17)14-15-3-1-10-20-13-15/h1-8,10,12-13H,9,11,14H2. The number of pyridine rings is 1. The first-order valence-electron chi connectivity index (χ1n) is 7.73. The highest BCUT2D eigenvalue weighted by Crippen LogP contribution is 2.20. The third-order valence-electron chi connectivity index (χ3n) is 3.72. The number of hydrogen-bond acceptors (Lipinski definition) is 4. The molecule has 0 amide bonds. The molecule has 0 saturated heterocycles. The van der Waals surface area contributed by atoms with Gasteiger partial charge in [-0.15, -0.1) is 11.3 Å². The first-order valence-corrected chi connectivity index (χ1v) is 10.0. The fourth-order valence-corrected chi connectivity index (χ4v) is 4.55. The van der Waals surface area contributed by atoms with E-state index in [2.05, 4.69) is 4.98 Å². The van der Waals surface area contributed by atoms with Gasteiger partial charge in [0.15, 0.2) is 0 Å². The van der Waals surface area contributed by atoms with E-state index in [9.17, 15) is 12.8 Å². The summed E-state index contributed by atoms with van der Waals surface area (Å²) >= 11 is 1.60. The Kier molecular flexibility index (Phi) is 5.57. The van der Waals surface area contributed by atoms with Crippen molar-refractivity contribution in [1.29, 1.82) is 0 Å². The van der Waals surface area contributed by atoms with Crippen molar-refractivity contribution in [2.45, 2.75) is 17.9 Å². The van der Waals surface area contributed by atoms with Crippen molar-refractivity contribution in [3.05, 3.63) is 82.6 Å². The number of hydrogen-bond donors (Lipinski definition) is 0. The summed E-state index contributed by atoms with van der Waals surface area (Å²) in [5, 5.41) is 1.97. The van der Waals surface area contributed by atoms with E-state index in [1.807, 2.05) is 23.6 Å². The maximum absolute atomic E-state index is 13.1. The second-order valence-electron chi connectivity index (χ2n) is 5.48. The van der Waals surface area contributed by atoms with Crippen molar-refractivity contribution in [3.63, 3.8) is 0 Å². The molecular weight excluding hydrogens is 359 g/mol. The summed E-state index contributed by atoms with van der Waals surface area (Å²) in [5.41, 5.74) is 0.805. The quantitative estimate of drug-likeness (QED) is 0.632. The number of rotatable bonds is 7. The van der Waals surface area contributed by atoms with Crippen molar-refractivity contribution in [1.82, 2.24) is 9.29 Å². The van der Waals surface area contributed by atoms with E-state index in [4.69, 9.17) is 0 Å². The summed E-state index contributed by atoms with van der Waals surface area (Å²) in [5.74, 6) is -0.462. The maximum Gasteiger partial charge on any atom is 0.243 e. The van der Waals surface area contributed by atoms with E-state index in [0.29, 0.717) is 13.0 Å².